The van der Waals surface area contributed by atoms with Gasteiger partial charge in [0.25, 0.3) is 5.91 Å². The van der Waals surface area contributed by atoms with Crippen LogP contribution in [0.3, 0.4) is 0 Å². The summed E-state index contributed by atoms with van der Waals surface area (Å²) < 4.78 is 4.91. The molecule has 1 aromatic carbocycles. The third kappa shape index (κ3) is 1.98. The third-order valence-corrected chi connectivity index (χ3v) is 2.27. The Morgan fingerprint density at radius 1 is 1.47 bits per heavy atom. The van der Waals surface area contributed by atoms with Crippen LogP contribution in [0.4, 0.5) is 0 Å². The molecule has 1 aliphatic heterocycles. The summed E-state index contributed by atoms with van der Waals surface area (Å²) in [4.78, 5) is 22.2. The van der Waals surface area contributed by atoms with Crippen LogP contribution in [0.25, 0.3) is 0 Å². The highest BCUT2D eigenvalue weighted by Crippen LogP contribution is 2.20. The Morgan fingerprint density at radius 2 is 2.27 bits per heavy atom. The van der Waals surface area contributed by atoms with Crippen LogP contribution in [-0.4, -0.2) is 18.4 Å². The lowest BCUT2D eigenvalue weighted by molar-refractivity contribution is -0.131. The minimum atomic E-state index is -0.383. The monoisotopic (exact) mass is 205 g/mol. The normalized spacial score (nSPS) is 14.1. The number of fused-ring (bicyclic) bond motifs is 1. The van der Waals surface area contributed by atoms with Gasteiger partial charge in [0.1, 0.15) is 5.75 Å². The van der Waals surface area contributed by atoms with Crippen LogP contribution in [0, 0.1) is 0 Å². The van der Waals surface area contributed by atoms with Gasteiger partial charge in [0.2, 0.25) is 0 Å². The first-order valence-electron chi connectivity index (χ1n) is 4.76. The molecule has 2 rings (SSSR count). The topological polar surface area (TPSA) is 55.4 Å². The van der Waals surface area contributed by atoms with Crippen molar-refractivity contribution < 1.29 is 14.3 Å². The molecule has 1 aromatic rings. The Kier molecular flexibility index (Phi) is 2.41. The number of carbonyl (C=O) groups excluding carboxylic acids is 2. The summed E-state index contributed by atoms with van der Waals surface area (Å²) in [6.07, 6.45) is 0.821. The fourth-order valence-electron chi connectivity index (χ4n) is 1.62. The molecule has 4 heteroatoms. The maximum absolute atomic E-state index is 11.5. The molecule has 0 saturated heterocycles. The van der Waals surface area contributed by atoms with Gasteiger partial charge in [0, 0.05) is 19.0 Å². The fourth-order valence-corrected chi connectivity index (χ4v) is 1.62. The molecular weight excluding hydrogens is 194 g/mol. The molecule has 1 N–H and O–H groups in total. The van der Waals surface area contributed by atoms with E-state index < -0.39 is 0 Å². The summed E-state index contributed by atoms with van der Waals surface area (Å²) in [5, 5.41) is 2.74. The molecule has 1 heterocycles. The Hall–Kier alpha value is -1.84. The van der Waals surface area contributed by atoms with E-state index in [0.717, 1.165) is 12.0 Å². The van der Waals surface area contributed by atoms with Crippen LogP contribution in [-0.2, 0) is 11.2 Å². The maximum atomic E-state index is 11.5. The molecule has 1 aliphatic rings. The van der Waals surface area contributed by atoms with Gasteiger partial charge < -0.3 is 10.1 Å². The zero-order valence-electron chi connectivity index (χ0n) is 8.37. The van der Waals surface area contributed by atoms with Crippen molar-refractivity contribution in [3.05, 3.63) is 29.3 Å². The van der Waals surface area contributed by atoms with Crippen LogP contribution in [0.5, 0.6) is 5.75 Å². The fraction of sp³-hybridized carbons (Fsp3) is 0.273. The number of carbonyl (C=O) groups is 2. The largest absolute Gasteiger partial charge is 0.427 e. The van der Waals surface area contributed by atoms with Crippen LogP contribution in [0.1, 0.15) is 22.8 Å². The van der Waals surface area contributed by atoms with E-state index in [1.165, 1.54) is 6.92 Å². The van der Waals surface area contributed by atoms with E-state index in [2.05, 4.69) is 5.32 Å². The van der Waals surface area contributed by atoms with Gasteiger partial charge in [-0.1, -0.05) is 6.07 Å². The smallest absolute Gasteiger partial charge is 0.308 e. The standard InChI is InChI=1S/C11H11NO3/c1-7(13)15-9-3-2-8-4-5-12-11(14)10(8)6-9/h2-3,6H,4-5H2,1H3,(H,12,14). The van der Waals surface area contributed by atoms with Crippen LogP contribution in [0.2, 0.25) is 0 Å². The van der Waals surface area contributed by atoms with Crippen molar-refractivity contribution in [2.45, 2.75) is 13.3 Å². The van der Waals surface area contributed by atoms with Crippen molar-refractivity contribution in [2.75, 3.05) is 6.54 Å². The average Bonchev–Trinajstić information content (AvgIpc) is 2.18. The molecular formula is C11H11NO3. The third-order valence-electron chi connectivity index (χ3n) is 2.27. The highest BCUT2D eigenvalue weighted by molar-refractivity contribution is 5.97. The molecule has 1 amide bonds. The quantitative estimate of drug-likeness (QED) is 0.547. The van der Waals surface area contributed by atoms with Gasteiger partial charge >= 0.3 is 5.97 Å². The second kappa shape index (κ2) is 3.73. The van der Waals surface area contributed by atoms with Gasteiger partial charge in [0.15, 0.2) is 0 Å². The highest BCUT2D eigenvalue weighted by Gasteiger charge is 2.17. The SMILES string of the molecule is CC(=O)Oc1ccc2c(c1)C(=O)NCC2. The molecule has 0 radical (unpaired) electrons. The van der Waals surface area contributed by atoms with E-state index in [1.807, 2.05) is 6.07 Å². The summed E-state index contributed by atoms with van der Waals surface area (Å²) in [5.41, 5.74) is 1.59. The van der Waals surface area contributed by atoms with E-state index in [4.69, 9.17) is 4.74 Å². The molecule has 4 nitrogen and oxygen atoms in total. The number of nitrogens with one attached hydrogen (secondary N) is 1. The summed E-state index contributed by atoms with van der Waals surface area (Å²) in [5.74, 6) is -0.0743. The summed E-state index contributed by atoms with van der Waals surface area (Å²) >= 11 is 0. The zero-order valence-corrected chi connectivity index (χ0v) is 8.37. The molecule has 0 bridgehead atoms. The van der Waals surface area contributed by atoms with Crippen molar-refractivity contribution in [3.63, 3.8) is 0 Å². The molecule has 78 valence electrons. The molecule has 0 spiro atoms. The highest BCUT2D eigenvalue weighted by atomic mass is 16.5. The summed E-state index contributed by atoms with van der Waals surface area (Å²) in [6.45, 7) is 2.00. The van der Waals surface area contributed by atoms with Crippen molar-refractivity contribution in [2.24, 2.45) is 0 Å². The van der Waals surface area contributed by atoms with Gasteiger partial charge in [0.05, 0.1) is 0 Å². The van der Waals surface area contributed by atoms with Gasteiger partial charge in [-0.05, 0) is 24.1 Å². The number of esters is 1. The minimum Gasteiger partial charge on any atom is -0.427 e. The van der Waals surface area contributed by atoms with Crippen LogP contribution < -0.4 is 10.1 Å². The van der Waals surface area contributed by atoms with E-state index in [-0.39, 0.29) is 11.9 Å². The lowest BCUT2D eigenvalue weighted by Gasteiger charge is -2.16. The minimum absolute atomic E-state index is 0.106. The number of hydrogen-bond acceptors (Lipinski definition) is 3. The predicted octanol–water partition coefficient (Wildman–Crippen LogP) is 0.898. The van der Waals surface area contributed by atoms with Crippen molar-refractivity contribution in [1.29, 1.82) is 0 Å². The molecule has 0 aromatic heterocycles. The van der Waals surface area contributed by atoms with Crippen molar-refractivity contribution in [3.8, 4) is 5.75 Å². The maximum Gasteiger partial charge on any atom is 0.308 e. The van der Waals surface area contributed by atoms with Gasteiger partial charge in [-0.25, -0.2) is 0 Å². The molecule has 0 saturated carbocycles. The molecule has 0 atom stereocenters. The lowest BCUT2D eigenvalue weighted by atomic mass is 10.0. The Balaban J connectivity index is 2.35. The van der Waals surface area contributed by atoms with Crippen molar-refractivity contribution in [1.82, 2.24) is 5.32 Å². The lowest BCUT2D eigenvalue weighted by Crippen LogP contribution is -2.31. The van der Waals surface area contributed by atoms with Crippen molar-refractivity contribution >= 4 is 11.9 Å². The predicted molar refractivity (Wildman–Crippen MR) is 53.8 cm³/mol. The second-order valence-corrected chi connectivity index (χ2v) is 3.42. The van der Waals surface area contributed by atoms with Gasteiger partial charge in [-0.2, -0.15) is 0 Å². The number of rotatable bonds is 1. The van der Waals surface area contributed by atoms with Gasteiger partial charge in [-0.3, -0.25) is 9.59 Å². The number of ether oxygens (including phenoxy) is 1. The Morgan fingerprint density at radius 3 is 3.00 bits per heavy atom. The van der Waals surface area contributed by atoms with Crippen LogP contribution in [0.15, 0.2) is 18.2 Å². The first-order chi connectivity index (χ1) is 7.16. The first-order valence-corrected chi connectivity index (χ1v) is 4.76. The summed E-state index contributed by atoms with van der Waals surface area (Å²) in [6, 6.07) is 5.14. The molecule has 0 fully saturated rings. The van der Waals surface area contributed by atoms with E-state index >= 15 is 0 Å². The molecule has 0 aliphatic carbocycles. The molecule has 0 unspecified atom stereocenters. The average molecular weight is 205 g/mol. The van der Waals surface area contributed by atoms with Crippen LogP contribution >= 0.6 is 0 Å². The Bertz CT molecular complexity index is 426. The number of benzene rings is 1. The summed E-state index contributed by atoms with van der Waals surface area (Å²) in [7, 11) is 0. The number of hydrogen-bond donors (Lipinski definition) is 1. The molecule has 15 heavy (non-hydrogen) atoms. The zero-order chi connectivity index (χ0) is 10.8. The Labute approximate surface area is 87.2 Å². The first kappa shape index (κ1) is 9.71. The second-order valence-electron chi connectivity index (χ2n) is 3.42. The van der Waals surface area contributed by atoms with Gasteiger partial charge in [-0.15, -0.1) is 0 Å². The number of amides is 1. The van der Waals surface area contributed by atoms with E-state index in [9.17, 15) is 9.59 Å². The van der Waals surface area contributed by atoms with E-state index in [1.54, 1.807) is 12.1 Å². The van der Waals surface area contributed by atoms with E-state index in [0.29, 0.717) is 17.9 Å².